The number of aromatic amines is 1. The van der Waals surface area contributed by atoms with Crippen LogP contribution in [0.2, 0.25) is 0 Å². The number of fused-ring (bicyclic) bond motifs is 1. The quantitative estimate of drug-likeness (QED) is 0.371. The fourth-order valence-corrected chi connectivity index (χ4v) is 3.81. The van der Waals surface area contributed by atoms with Crippen LogP contribution in [0.25, 0.3) is 10.9 Å². The molecule has 0 fully saturated rings. The monoisotopic (exact) mass is 413 g/mol. The van der Waals surface area contributed by atoms with Crippen LogP contribution in [0.4, 0.5) is 13.2 Å². The van der Waals surface area contributed by atoms with Crippen molar-refractivity contribution < 1.29 is 28.1 Å². The van der Waals surface area contributed by atoms with Crippen molar-refractivity contribution >= 4 is 10.9 Å². The van der Waals surface area contributed by atoms with Crippen molar-refractivity contribution in [1.82, 2.24) is 4.98 Å². The summed E-state index contributed by atoms with van der Waals surface area (Å²) in [6.45, 7) is 0. The smallest absolute Gasteiger partial charge is 0.416 e. The van der Waals surface area contributed by atoms with Gasteiger partial charge >= 0.3 is 6.18 Å². The normalized spacial score (nSPS) is 12.8. The Hall–Kier alpha value is -3.61. The lowest BCUT2D eigenvalue weighted by Gasteiger charge is -2.25. The number of hydrogen-bond donors (Lipinski definition) is 3. The first kappa shape index (κ1) is 19.7. The van der Waals surface area contributed by atoms with Crippen LogP contribution in [-0.4, -0.2) is 22.3 Å². The van der Waals surface area contributed by atoms with Crippen LogP contribution in [0.1, 0.15) is 28.2 Å². The van der Waals surface area contributed by atoms with Gasteiger partial charge in [-0.05, 0) is 23.8 Å². The first-order valence-electron chi connectivity index (χ1n) is 9.14. The molecule has 3 N–H and O–H groups in total. The molecule has 0 unspecified atom stereocenters. The van der Waals surface area contributed by atoms with E-state index in [1.807, 2.05) is 0 Å². The highest BCUT2D eigenvalue weighted by Crippen LogP contribution is 2.48. The van der Waals surface area contributed by atoms with E-state index >= 15 is 0 Å². The highest BCUT2D eigenvalue weighted by atomic mass is 19.4. The summed E-state index contributed by atoms with van der Waals surface area (Å²) in [6.07, 6.45) is -2.98. The Labute approximate surface area is 170 Å². The SMILES string of the molecule is COc1cccc([C@H](c2ccccc2C(F)(F)F)c2ccc3cc[nH]c3c2O)c1O. The second kappa shape index (κ2) is 7.33. The minimum Gasteiger partial charge on any atom is -0.505 e. The predicted octanol–water partition coefficient (Wildman–Crippen LogP) is 5.79. The maximum atomic E-state index is 13.8. The highest BCUT2D eigenvalue weighted by Gasteiger charge is 2.37. The summed E-state index contributed by atoms with van der Waals surface area (Å²) in [7, 11) is 1.36. The van der Waals surface area contributed by atoms with Gasteiger partial charge in [-0.25, -0.2) is 0 Å². The number of ether oxygens (including phenoxy) is 1. The number of halogens is 3. The summed E-state index contributed by atoms with van der Waals surface area (Å²) in [5, 5.41) is 22.4. The predicted molar refractivity (Wildman–Crippen MR) is 107 cm³/mol. The average molecular weight is 413 g/mol. The van der Waals surface area contributed by atoms with Gasteiger partial charge in [-0.3, -0.25) is 0 Å². The van der Waals surface area contributed by atoms with E-state index in [0.29, 0.717) is 10.9 Å². The Morgan fingerprint density at radius 1 is 0.833 bits per heavy atom. The number of alkyl halides is 3. The average Bonchev–Trinajstić information content (AvgIpc) is 3.20. The second-order valence-corrected chi connectivity index (χ2v) is 6.86. The molecule has 4 aromatic rings. The number of phenolic OH excluding ortho intramolecular Hbond substituents is 2. The molecule has 0 saturated carbocycles. The van der Waals surface area contributed by atoms with E-state index in [1.54, 1.807) is 30.5 Å². The summed E-state index contributed by atoms with van der Waals surface area (Å²) in [4.78, 5) is 2.91. The number of nitrogens with one attached hydrogen (secondary N) is 1. The van der Waals surface area contributed by atoms with Crippen LogP contribution in [0.3, 0.4) is 0 Å². The van der Waals surface area contributed by atoms with Crippen molar-refractivity contribution in [2.75, 3.05) is 7.11 Å². The number of H-pyrrole nitrogens is 1. The summed E-state index contributed by atoms with van der Waals surface area (Å²) < 4.78 is 46.7. The molecule has 0 aliphatic rings. The lowest BCUT2D eigenvalue weighted by atomic mass is 9.81. The topological polar surface area (TPSA) is 65.5 Å². The molecule has 0 aliphatic carbocycles. The van der Waals surface area contributed by atoms with Crippen LogP contribution in [0.15, 0.2) is 66.9 Å². The molecule has 4 nitrogen and oxygen atoms in total. The van der Waals surface area contributed by atoms with Gasteiger partial charge in [0.2, 0.25) is 0 Å². The number of hydrogen-bond acceptors (Lipinski definition) is 3. The third kappa shape index (κ3) is 3.22. The third-order valence-electron chi connectivity index (χ3n) is 5.18. The van der Waals surface area contributed by atoms with Crippen molar-refractivity contribution in [3.8, 4) is 17.2 Å². The molecular formula is C23H18F3NO3. The molecule has 4 rings (SSSR count). The van der Waals surface area contributed by atoms with Gasteiger partial charge in [0.05, 0.1) is 18.2 Å². The molecule has 1 atom stereocenters. The van der Waals surface area contributed by atoms with E-state index in [4.69, 9.17) is 4.74 Å². The van der Waals surface area contributed by atoms with E-state index in [2.05, 4.69) is 4.98 Å². The summed E-state index contributed by atoms with van der Waals surface area (Å²) in [6, 6.07) is 14.8. The summed E-state index contributed by atoms with van der Waals surface area (Å²) in [5.74, 6) is -1.43. The van der Waals surface area contributed by atoms with Crippen LogP contribution < -0.4 is 4.74 Å². The number of para-hydroxylation sites is 1. The van der Waals surface area contributed by atoms with Gasteiger partial charge in [0, 0.05) is 28.6 Å². The largest absolute Gasteiger partial charge is 0.505 e. The first-order chi connectivity index (χ1) is 14.3. The number of benzene rings is 3. The van der Waals surface area contributed by atoms with Crippen molar-refractivity contribution in [2.24, 2.45) is 0 Å². The number of methoxy groups -OCH3 is 1. The molecule has 30 heavy (non-hydrogen) atoms. The van der Waals surface area contributed by atoms with Crippen molar-refractivity contribution in [3.05, 3.63) is 89.1 Å². The zero-order valence-corrected chi connectivity index (χ0v) is 15.9. The van der Waals surface area contributed by atoms with E-state index in [9.17, 15) is 23.4 Å². The summed E-state index contributed by atoms with van der Waals surface area (Å²) in [5.41, 5.74) is -0.111. The van der Waals surface area contributed by atoms with Gasteiger partial charge in [-0.15, -0.1) is 0 Å². The standard InChI is InChI=1S/C23H18F3NO3/c1-30-18-8-4-6-15(21(18)28)19(14-5-2-3-7-17(14)23(24,25)26)16-10-9-13-11-12-27-20(13)22(16)29/h2-12,19,27-29H,1H3/t19-/m0/s1. The molecule has 0 spiro atoms. The fourth-order valence-electron chi connectivity index (χ4n) is 3.81. The molecule has 1 aromatic heterocycles. The Kier molecular flexibility index (Phi) is 4.81. The fraction of sp³-hybridized carbons (Fsp3) is 0.130. The molecule has 0 amide bonds. The van der Waals surface area contributed by atoms with Crippen LogP contribution in [0, 0.1) is 0 Å². The molecule has 0 bridgehead atoms. The molecule has 1 heterocycles. The lowest BCUT2D eigenvalue weighted by Crippen LogP contribution is -2.14. The van der Waals surface area contributed by atoms with E-state index < -0.39 is 17.7 Å². The van der Waals surface area contributed by atoms with Crippen molar-refractivity contribution in [3.63, 3.8) is 0 Å². The second-order valence-electron chi connectivity index (χ2n) is 6.86. The molecule has 154 valence electrons. The van der Waals surface area contributed by atoms with Gasteiger partial charge in [0.25, 0.3) is 0 Å². The highest BCUT2D eigenvalue weighted by molar-refractivity contribution is 5.87. The van der Waals surface area contributed by atoms with E-state index in [-0.39, 0.29) is 33.9 Å². The van der Waals surface area contributed by atoms with Crippen molar-refractivity contribution in [2.45, 2.75) is 12.1 Å². The maximum absolute atomic E-state index is 13.8. The molecule has 0 saturated heterocycles. The Bertz CT molecular complexity index is 1210. The van der Waals surface area contributed by atoms with Crippen LogP contribution >= 0.6 is 0 Å². The van der Waals surface area contributed by atoms with Crippen LogP contribution in [0.5, 0.6) is 17.2 Å². The molecular weight excluding hydrogens is 395 g/mol. The van der Waals surface area contributed by atoms with Gasteiger partial charge in [0.1, 0.15) is 5.75 Å². The summed E-state index contributed by atoms with van der Waals surface area (Å²) >= 11 is 0. The zero-order chi connectivity index (χ0) is 21.5. The zero-order valence-electron chi connectivity index (χ0n) is 15.9. The molecule has 0 radical (unpaired) electrons. The first-order valence-corrected chi connectivity index (χ1v) is 9.14. The maximum Gasteiger partial charge on any atom is 0.416 e. The molecule has 0 aliphatic heterocycles. The minimum absolute atomic E-state index is 0.0882. The number of aromatic nitrogens is 1. The minimum atomic E-state index is -4.62. The Morgan fingerprint density at radius 2 is 1.53 bits per heavy atom. The Morgan fingerprint density at radius 3 is 2.27 bits per heavy atom. The van der Waals surface area contributed by atoms with Gasteiger partial charge < -0.3 is 19.9 Å². The van der Waals surface area contributed by atoms with E-state index in [1.165, 1.54) is 37.4 Å². The van der Waals surface area contributed by atoms with Gasteiger partial charge in [-0.2, -0.15) is 13.2 Å². The number of aromatic hydroxyl groups is 2. The van der Waals surface area contributed by atoms with Crippen LogP contribution in [-0.2, 0) is 6.18 Å². The lowest BCUT2D eigenvalue weighted by molar-refractivity contribution is -0.138. The number of phenols is 2. The van der Waals surface area contributed by atoms with E-state index in [0.717, 1.165) is 6.07 Å². The Balaban J connectivity index is 2.06. The third-order valence-corrected chi connectivity index (χ3v) is 5.18. The van der Waals surface area contributed by atoms with Crippen molar-refractivity contribution in [1.29, 1.82) is 0 Å². The number of rotatable bonds is 4. The van der Waals surface area contributed by atoms with Gasteiger partial charge in [0.15, 0.2) is 11.5 Å². The molecule has 7 heteroatoms. The van der Waals surface area contributed by atoms with Gasteiger partial charge in [-0.1, -0.05) is 42.5 Å². The molecule has 3 aromatic carbocycles.